The third kappa shape index (κ3) is 4.42. The second kappa shape index (κ2) is 7.27. The Morgan fingerprint density at radius 3 is 3.04 bits per heavy atom. The number of nitrogens with one attached hydrogen (secondary N) is 1. The van der Waals surface area contributed by atoms with Gasteiger partial charge in [0.05, 0.1) is 18.5 Å². The molecule has 126 valence electrons. The number of aliphatic hydroxyl groups excluding tert-OH is 1. The van der Waals surface area contributed by atoms with Gasteiger partial charge in [0.25, 0.3) is 0 Å². The van der Waals surface area contributed by atoms with Crippen LogP contribution in [0.4, 0.5) is 0 Å². The Morgan fingerprint density at radius 1 is 1.48 bits per heavy atom. The zero-order valence-corrected chi connectivity index (χ0v) is 13.7. The maximum atomic E-state index is 12.2. The Kier molecular flexibility index (Phi) is 5.13. The molecule has 1 unspecified atom stereocenters. The number of likely N-dealkylation sites (N-methyl/N-ethyl adjacent to an activating group) is 1. The highest BCUT2D eigenvalue weighted by Gasteiger charge is 2.34. The average molecular weight is 318 g/mol. The lowest BCUT2D eigenvalue weighted by Crippen LogP contribution is -2.40. The molecule has 2 N–H and O–H groups in total. The van der Waals surface area contributed by atoms with E-state index in [9.17, 15) is 9.90 Å². The number of amides is 1. The molecule has 1 aromatic rings. The molecule has 0 spiro atoms. The number of aliphatic hydroxyl groups is 1. The molecule has 3 atom stereocenters. The van der Waals surface area contributed by atoms with Crippen molar-refractivity contribution in [3.8, 4) is 0 Å². The van der Waals surface area contributed by atoms with E-state index < -0.39 is 6.10 Å². The van der Waals surface area contributed by atoms with Crippen molar-refractivity contribution < 1.29 is 9.90 Å². The van der Waals surface area contributed by atoms with Crippen molar-refractivity contribution in [2.45, 2.75) is 44.4 Å². The SMILES string of the molecule is CN1CC=C(CC(=O)N[C@@H]2CC(Cn3ccnc3)C[C@H]2O)CC1. The number of rotatable bonds is 5. The molecule has 0 aromatic carbocycles. The molecule has 6 heteroatoms. The van der Waals surface area contributed by atoms with Gasteiger partial charge in [-0.3, -0.25) is 4.79 Å². The summed E-state index contributed by atoms with van der Waals surface area (Å²) in [5, 5.41) is 13.2. The first-order valence-corrected chi connectivity index (χ1v) is 8.40. The second-order valence-corrected chi connectivity index (χ2v) is 6.89. The van der Waals surface area contributed by atoms with Gasteiger partial charge in [-0.25, -0.2) is 4.98 Å². The zero-order chi connectivity index (χ0) is 16.2. The van der Waals surface area contributed by atoms with Crippen molar-refractivity contribution in [1.29, 1.82) is 0 Å². The predicted octanol–water partition coefficient (Wildman–Crippen LogP) is 0.791. The minimum atomic E-state index is -0.445. The minimum absolute atomic E-state index is 0.0353. The first kappa shape index (κ1) is 16.2. The Morgan fingerprint density at radius 2 is 2.35 bits per heavy atom. The zero-order valence-electron chi connectivity index (χ0n) is 13.7. The lowest BCUT2D eigenvalue weighted by molar-refractivity contribution is -0.121. The largest absolute Gasteiger partial charge is 0.391 e. The van der Waals surface area contributed by atoms with Crippen LogP contribution in [-0.2, 0) is 11.3 Å². The highest BCUT2D eigenvalue weighted by Crippen LogP contribution is 2.28. The van der Waals surface area contributed by atoms with Crippen molar-refractivity contribution in [2.24, 2.45) is 5.92 Å². The van der Waals surface area contributed by atoms with E-state index in [0.717, 1.165) is 38.9 Å². The van der Waals surface area contributed by atoms with E-state index in [4.69, 9.17) is 0 Å². The van der Waals surface area contributed by atoms with E-state index in [1.807, 2.05) is 10.8 Å². The fourth-order valence-corrected chi connectivity index (χ4v) is 3.55. The van der Waals surface area contributed by atoms with Crippen molar-refractivity contribution in [3.63, 3.8) is 0 Å². The van der Waals surface area contributed by atoms with Gasteiger partial charge in [0.2, 0.25) is 5.91 Å². The molecule has 23 heavy (non-hydrogen) atoms. The number of aromatic nitrogens is 2. The number of imidazole rings is 1. The van der Waals surface area contributed by atoms with Crippen molar-refractivity contribution in [1.82, 2.24) is 19.8 Å². The number of carbonyl (C=O) groups is 1. The fourth-order valence-electron chi connectivity index (χ4n) is 3.55. The summed E-state index contributed by atoms with van der Waals surface area (Å²) in [4.78, 5) is 18.5. The van der Waals surface area contributed by atoms with Gasteiger partial charge in [0.1, 0.15) is 0 Å². The van der Waals surface area contributed by atoms with E-state index >= 15 is 0 Å². The normalized spacial score (nSPS) is 28.6. The van der Waals surface area contributed by atoms with E-state index in [1.54, 1.807) is 12.5 Å². The number of hydrogen-bond donors (Lipinski definition) is 2. The molecule has 1 amide bonds. The van der Waals surface area contributed by atoms with E-state index in [0.29, 0.717) is 12.3 Å². The van der Waals surface area contributed by atoms with Gasteiger partial charge in [-0.15, -0.1) is 0 Å². The van der Waals surface area contributed by atoms with Crippen LogP contribution in [0, 0.1) is 5.92 Å². The molecular formula is C17H26N4O2. The van der Waals surface area contributed by atoms with Crippen LogP contribution in [0.3, 0.4) is 0 Å². The highest BCUT2D eigenvalue weighted by molar-refractivity contribution is 5.79. The van der Waals surface area contributed by atoms with Crippen molar-refractivity contribution in [2.75, 3.05) is 20.1 Å². The number of hydrogen-bond acceptors (Lipinski definition) is 4. The molecule has 0 radical (unpaired) electrons. The Hall–Kier alpha value is -1.66. The van der Waals surface area contributed by atoms with E-state index in [1.165, 1.54) is 5.57 Å². The maximum Gasteiger partial charge on any atom is 0.224 e. The van der Waals surface area contributed by atoms with Crippen LogP contribution >= 0.6 is 0 Å². The third-order valence-electron chi connectivity index (χ3n) is 4.90. The summed E-state index contributed by atoms with van der Waals surface area (Å²) in [5.41, 5.74) is 1.21. The van der Waals surface area contributed by atoms with Gasteiger partial charge in [-0.2, -0.15) is 0 Å². The average Bonchev–Trinajstić information content (AvgIpc) is 3.12. The molecular weight excluding hydrogens is 292 g/mol. The van der Waals surface area contributed by atoms with E-state index in [2.05, 4.69) is 28.3 Å². The summed E-state index contributed by atoms with van der Waals surface area (Å²) in [6, 6.07) is -0.122. The first-order valence-electron chi connectivity index (χ1n) is 8.40. The number of nitrogens with zero attached hydrogens (tertiary/aromatic N) is 3. The first-order chi connectivity index (χ1) is 11.1. The van der Waals surface area contributed by atoms with Crippen LogP contribution < -0.4 is 5.32 Å². The fraction of sp³-hybridized carbons (Fsp3) is 0.647. The molecule has 0 bridgehead atoms. The van der Waals surface area contributed by atoms with E-state index in [-0.39, 0.29) is 11.9 Å². The molecule has 1 aliphatic carbocycles. The maximum absolute atomic E-state index is 12.2. The van der Waals surface area contributed by atoms with Gasteiger partial charge in [0.15, 0.2) is 0 Å². The topological polar surface area (TPSA) is 70.4 Å². The lowest BCUT2D eigenvalue weighted by atomic mass is 10.0. The van der Waals surface area contributed by atoms with Crippen LogP contribution in [0.2, 0.25) is 0 Å². The Bertz CT molecular complexity index is 555. The van der Waals surface area contributed by atoms with Gasteiger partial charge in [-0.1, -0.05) is 11.6 Å². The molecule has 6 nitrogen and oxygen atoms in total. The van der Waals surface area contributed by atoms with Gasteiger partial charge < -0.3 is 19.9 Å². The Balaban J connectivity index is 1.47. The summed E-state index contributed by atoms with van der Waals surface area (Å²) in [7, 11) is 2.09. The summed E-state index contributed by atoms with van der Waals surface area (Å²) < 4.78 is 2.03. The van der Waals surface area contributed by atoms with Crippen LogP contribution in [-0.4, -0.2) is 57.7 Å². The van der Waals surface area contributed by atoms with Gasteiger partial charge in [0, 0.05) is 38.4 Å². The molecule has 1 aliphatic heterocycles. The summed E-state index contributed by atoms with van der Waals surface area (Å²) in [6.07, 6.45) is 10.2. The summed E-state index contributed by atoms with van der Waals surface area (Å²) >= 11 is 0. The highest BCUT2D eigenvalue weighted by atomic mass is 16.3. The molecule has 0 saturated heterocycles. The van der Waals surface area contributed by atoms with Crippen LogP contribution in [0.1, 0.15) is 25.7 Å². The molecule has 2 heterocycles. The lowest BCUT2D eigenvalue weighted by Gasteiger charge is -2.22. The summed E-state index contributed by atoms with van der Waals surface area (Å²) in [6.45, 7) is 2.78. The third-order valence-corrected chi connectivity index (χ3v) is 4.90. The standard InChI is InChI=1S/C17H26N4O2/c1-20-5-2-13(3-6-20)10-17(23)19-15-8-14(9-16(15)22)11-21-7-4-18-12-21/h2,4,7,12,14-16,22H,3,5-6,8-11H2,1H3,(H,19,23)/t14?,15-,16-/m1/s1. The molecule has 3 rings (SSSR count). The molecule has 1 aromatic heterocycles. The minimum Gasteiger partial charge on any atom is -0.391 e. The monoisotopic (exact) mass is 318 g/mol. The summed E-state index contributed by atoms with van der Waals surface area (Å²) in [5.74, 6) is 0.417. The smallest absolute Gasteiger partial charge is 0.224 e. The van der Waals surface area contributed by atoms with Crippen molar-refractivity contribution in [3.05, 3.63) is 30.4 Å². The number of carbonyl (C=O) groups excluding carboxylic acids is 1. The van der Waals surface area contributed by atoms with Gasteiger partial charge in [-0.05, 0) is 32.2 Å². The molecule has 2 aliphatic rings. The van der Waals surface area contributed by atoms with Crippen LogP contribution in [0.5, 0.6) is 0 Å². The van der Waals surface area contributed by atoms with Crippen LogP contribution in [0.25, 0.3) is 0 Å². The second-order valence-electron chi connectivity index (χ2n) is 6.89. The quantitative estimate of drug-likeness (QED) is 0.788. The van der Waals surface area contributed by atoms with Gasteiger partial charge >= 0.3 is 0 Å². The molecule has 1 fully saturated rings. The van der Waals surface area contributed by atoms with Crippen molar-refractivity contribution >= 4 is 5.91 Å². The Labute approximate surface area is 137 Å². The van der Waals surface area contributed by atoms with Crippen LogP contribution in [0.15, 0.2) is 30.4 Å². The predicted molar refractivity (Wildman–Crippen MR) is 87.7 cm³/mol. The molecule has 1 saturated carbocycles.